The Labute approximate surface area is 152 Å². The van der Waals surface area contributed by atoms with Crippen molar-refractivity contribution < 1.29 is 14.1 Å². The Balaban J connectivity index is 1.88. The highest BCUT2D eigenvalue weighted by molar-refractivity contribution is 6.44. The average Bonchev–Trinajstić information content (AvgIpc) is 3.09. The first-order chi connectivity index (χ1) is 12.0. The molecule has 8 heteroatoms. The van der Waals surface area contributed by atoms with Crippen LogP contribution in [0.1, 0.15) is 10.6 Å². The molecule has 1 heterocycles. The van der Waals surface area contributed by atoms with Gasteiger partial charge >= 0.3 is 0 Å². The van der Waals surface area contributed by atoms with Crippen molar-refractivity contribution in [3.63, 3.8) is 0 Å². The summed E-state index contributed by atoms with van der Waals surface area (Å²) in [6.07, 6.45) is 0. The van der Waals surface area contributed by atoms with Crippen LogP contribution in [0.2, 0.25) is 10.0 Å². The Morgan fingerprint density at radius 1 is 1.04 bits per heavy atom. The molecule has 1 N–H and O–H groups in total. The number of para-hydroxylation sites is 1. The minimum Gasteiger partial charge on any atom is -0.451 e. The molecule has 0 radical (unpaired) electrons. The average molecular weight is 377 g/mol. The number of nitro groups is 1. The van der Waals surface area contributed by atoms with Gasteiger partial charge in [-0.05, 0) is 30.3 Å². The van der Waals surface area contributed by atoms with Gasteiger partial charge in [-0.3, -0.25) is 14.9 Å². The molecule has 0 bridgehead atoms. The van der Waals surface area contributed by atoms with E-state index in [4.69, 9.17) is 27.6 Å². The van der Waals surface area contributed by atoms with Crippen molar-refractivity contribution in [3.05, 3.63) is 80.5 Å². The number of hydrogen-bond donors (Lipinski definition) is 1. The summed E-state index contributed by atoms with van der Waals surface area (Å²) in [5.74, 6) is -0.340. The first-order valence-electron chi connectivity index (χ1n) is 7.06. The lowest BCUT2D eigenvalue weighted by Gasteiger charge is -2.06. The summed E-state index contributed by atoms with van der Waals surface area (Å²) in [5, 5.41) is 14.2. The van der Waals surface area contributed by atoms with Crippen LogP contribution in [0.5, 0.6) is 0 Å². The lowest BCUT2D eigenvalue weighted by molar-refractivity contribution is -0.384. The van der Waals surface area contributed by atoms with Crippen molar-refractivity contribution in [1.29, 1.82) is 0 Å². The molecule has 0 aliphatic carbocycles. The largest absolute Gasteiger partial charge is 0.451 e. The highest BCUT2D eigenvalue weighted by Gasteiger charge is 2.19. The highest BCUT2D eigenvalue weighted by Crippen LogP contribution is 2.32. The molecular formula is C17H10Cl2N2O4. The number of halogens is 2. The molecule has 25 heavy (non-hydrogen) atoms. The van der Waals surface area contributed by atoms with Crippen molar-refractivity contribution in [2.24, 2.45) is 0 Å². The van der Waals surface area contributed by atoms with E-state index in [-0.39, 0.29) is 27.8 Å². The van der Waals surface area contributed by atoms with Gasteiger partial charge in [0.2, 0.25) is 0 Å². The van der Waals surface area contributed by atoms with E-state index >= 15 is 0 Å². The Kier molecular flexibility index (Phi) is 4.74. The molecule has 0 unspecified atom stereocenters. The molecular weight excluding hydrogens is 367 g/mol. The number of amides is 1. The van der Waals surface area contributed by atoms with Crippen LogP contribution in [0, 0.1) is 10.1 Å². The minimum absolute atomic E-state index is 0.0100. The normalized spacial score (nSPS) is 10.5. The van der Waals surface area contributed by atoms with E-state index in [9.17, 15) is 14.9 Å². The van der Waals surface area contributed by atoms with E-state index in [1.807, 2.05) is 0 Å². The maximum absolute atomic E-state index is 12.3. The summed E-state index contributed by atoms with van der Waals surface area (Å²) in [6, 6.07) is 13.9. The number of nitrogens with zero attached hydrogens (tertiary/aromatic N) is 1. The van der Waals surface area contributed by atoms with Crippen LogP contribution < -0.4 is 5.32 Å². The number of rotatable bonds is 4. The van der Waals surface area contributed by atoms with E-state index in [1.165, 1.54) is 18.2 Å². The summed E-state index contributed by atoms with van der Waals surface area (Å²) < 4.78 is 5.47. The molecule has 126 valence electrons. The van der Waals surface area contributed by atoms with Crippen molar-refractivity contribution in [1.82, 2.24) is 0 Å². The molecule has 3 aromatic rings. The summed E-state index contributed by atoms with van der Waals surface area (Å²) >= 11 is 11.9. The maximum Gasteiger partial charge on any atom is 0.291 e. The van der Waals surface area contributed by atoms with E-state index in [2.05, 4.69) is 5.32 Å². The fourth-order valence-corrected chi connectivity index (χ4v) is 2.58. The molecule has 0 aliphatic heterocycles. The summed E-state index contributed by atoms with van der Waals surface area (Å²) in [6.45, 7) is 0. The number of hydrogen-bond acceptors (Lipinski definition) is 4. The Hall–Kier alpha value is -2.83. The Morgan fingerprint density at radius 3 is 2.56 bits per heavy atom. The number of anilines is 1. The van der Waals surface area contributed by atoms with E-state index in [0.717, 1.165) is 0 Å². The van der Waals surface area contributed by atoms with Gasteiger partial charge in [-0.2, -0.15) is 0 Å². The van der Waals surface area contributed by atoms with Crippen LogP contribution in [-0.2, 0) is 0 Å². The molecule has 6 nitrogen and oxygen atoms in total. The molecule has 0 atom stereocenters. The van der Waals surface area contributed by atoms with Gasteiger partial charge in [-0.15, -0.1) is 0 Å². The van der Waals surface area contributed by atoms with E-state index < -0.39 is 10.8 Å². The van der Waals surface area contributed by atoms with Crippen LogP contribution in [-0.4, -0.2) is 10.8 Å². The van der Waals surface area contributed by atoms with Crippen LogP contribution in [0.25, 0.3) is 11.3 Å². The maximum atomic E-state index is 12.3. The van der Waals surface area contributed by atoms with Crippen LogP contribution >= 0.6 is 23.2 Å². The van der Waals surface area contributed by atoms with Crippen molar-refractivity contribution >= 4 is 40.5 Å². The standard InChI is InChI=1S/C17H10Cl2N2O4/c18-11-5-3-6-12(16(11)19)20-17(22)15-9-8-14(25-15)10-4-1-2-7-13(10)21(23)24/h1-9H,(H,20,22). The molecule has 2 aromatic carbocycles. The number of nitrogens with one attached hydrogen (secondary N) is 1. The summed E-state index contributed by atoms with van der Waals surface area (Å²) in [7, 11) is 0. The van der Waals surface area contributed by atoms with Gasteiger partial charge in [0.05, 0.1) is 26.2 Å². The van der Waals surface area contributed by atoms with Crippen molar-refractivity contribution in [2.45, 2.75) is 0 Å². The zero-order chi connectivity index (χ0) is 18.0. The number of carbonyl (C=O) groups is 1. The van der Waals surface area contributed by atoms with Gasteiger partial charge in [-0.1, -0.05) is 41.4 Å². The monoisotopic (exact) mass is 376 g/mol. The SMILES string of the molecule is O=C(Nc1cccc(Cl)c1Cl)c1ccc(-c2ccccc2[N+](=O)[O-])o1. The predicted molar refractivity (Wildman–Crippen MR) is 95.2 cm³/mol. The van der Waals surface area contributed by atoms with Crippen molar-refractivity contribution in [2.75, 3.05) is 5.32 Å². The molecule has 1 aromatic heterocycles. The zero-order valence-corrected chi connectivity index (χ0v) is 14.0. The second-order valence-corrected chi connectivity index (χ2v) is 5.78. The van der Waals surface area contributed by atoms with Crippen LogP contribution in [0.3, 0.4) is 0 Å². The molecule has 0 saturated heterocycles. The molecule has 0 fully saturated rings. The quantitative estimate of drug-likeness (QED) is 0.486. The van der Waals surface area contributed by atoms with Crippen LogP contribution in [0.4, 0.5) is 11.4 Å². The minimum atomic E-state index is -0.547. The van der Waals surface area contributed by atoms with Gasteiger partial charge in [0, 0.05) is 6.07 Å². The van der Waals surface area contributed by atoms with Gasteiger partial charge in [0.25, 0.3) is 11.6 Å². The molecule has 3 rings (SSSR count). The fraction of sp³-hybridized carbons (Fsp3) is 0. The smallest absolute Gasteiger partial charge is 0.291 e. The molecule has 0 spiro atoms. The van der Waals surface area contributed by atoms with Crippen molar-refractivity contribution in [3.8, 4) is 11.3 Å². The lowest BCUT2D eigenvalue weighted by Crippen LogP contribution is -2.11. The summed E-state index contributed by atoms with van der Waals surface area (Å²) in [4.78, 5) is 22.9. The molecule has 1 amide bonds. The third-order valence-electron chi connectivity index (χ3n) is 3.40. The first-order valence-corrected chi connectivity index (χ1v) is 7.82. The van der Waals surface area contributed by atoms with Crippen LogP contribution in [0.15, 0.2) is 59.0 Å². The summed E-state index contributed by atoms with van der Waals surface area (Å²) in [5.41, 5.74) is 0.511. The predicted octanol–water partition coefficient (Wildman–Crippen LogP) is 5.41. The fourth-order valence-electron chi connectivity index (χ4n) is 2.23. The number of furan rings is 1. The van der Waals surface area contributed by atoms with E-state index in [1.54, 1.807) is 36.4 Å². The topological polar surface area (TPSA) is 85.4 Å². The Bertz CT molecular complexity index is 969. The second-order valence-electron chi connectivity index (χ2n) is 4.99. The third kappa shape index (κ3) is 3.50. The molecule has 0 saturated carbocycles. The zero-order valence-electron chi connectivity index (χ0n) is 12.5. The molecule has 0 aliphatic rings. The number of carbonyl (C=O) groups excluding carboxylic acids is 1. The van der Waals surface area contributed by atoms with E-state index in [0.29, 0.717) is 10.7 Å². The van der Waals surface area contributed by atoms with Gasteiger partial charge in [0.15, 0.2) is 5.76 Å². The second kappa shape index (κ2) is 6.96. The number of nitro benzene ring substituents is 1. The third-order valence-corrected chi connectivity index (χ3v) is 4.21. The first kappa shape index (κ1) is 17.0. The van der Waals surface area contributed by atoms with Gasteiger partial charge in [0.1, 0.15) is 5.76 Å². The number of benzene rings is 2. The highest BCUT2D eigenvalue weighted by atomic mass is 35.5. The lowest BCUT2D eigenvalue weighted by atomic mass is 10.1. The Morgan fingerprint density at radius 2 is 1.80 bits per heavy atom. The van der Waals surface area contributed by atoms with Gasteiger partial charge in [-0.25, -0.2) is 0 Å². The van der Waals surface area contributed by atoms with Gasteiger partial charge < -0.3 is 9.73 Å².